The predicted molar refractivity (Wildman–Crippen MR) is 137 cm³/mol. The summed E-state index contributed by atoms with van der Waals surface area (Å²) in [6, 6.07) is 3.91. The Morgan fingerprint density at radius 3 is 2.51 bits per heavy atom. The lowest BCUT2D eigenvalue weighted by molar-refractivity contribution is -0.147. The van der Waals surface area contributed by atoms with Crippen LogP contribution in [-0.4, -0.2) is 82.9 Å². The summed E-state index contributed by atoms with van der Waals surface area (Å²) in [6.45, 7) is 3.57. The molecule has 3 aromatic rings. The minimum Gasteiger partial charge on any atom is -0.367 e. The Morgan fingerprint density at radius 1 is 1.00 bits per heavy atom. The molecule has 0 spiro atoms. The number of pyridine rings is 2. The van der Waals surface area contributed by atoms with Gasteiger partial charge in [0.25, 0.3) is 0 Å². The first kappa shape index (κ1) is 24.3. The highest BCUT2D eigenvalue weighted by Crippen LogP contribution is 2.44. The van der Waals surface area contributed by atoms with E-state index in [1.165, 1.54) is 23.3 Å². The van der Waals surface area contributed by atoms with Gasteiger partial charge in [-0.05, 0) is 49.3 Å². The number of piperazine rings is 1. The number of likely N-dealkylation sites (tertiary alicyclic amines) is 1. The Hall–Kier alpha value is -3.05. The quantitative estimate of drug-likeness (QED) is 0.516. The number of anilines is 2. The van der Waals surface area contributed by atoms with Gasteiger partial charge in [0.1, 0.15) is 11.6 Å². The summed E-state index contributed by atoms with van der Waals surface area (Å²) in [5, 5.41) is 7.94. The number of fused-ring (bicyclic) bond motifs is 1. The van der Waals surface area contributed by atoms with Crippen LogP contribution in [0, 0.1) is 0 Å². The predicted octanol–water partition coefficient (Wildman–Crippen LogP) is 3.81. The topological polar surface area (TPSA) is 82.1 Å². The van der Waals surface area contributed by atoms with Crippen molar-refractivity contribution in [2.45, 2.75) is 43.8 Å². The number of piperidine rings is 1. The summed E-state index contributed by atoms with van der Waals surface area (Å²) in [7, 11) is 0. The van der Waals surface area contributed by atoms with Crippen LogP contribution in [0.25, 0.3) is 22.3 Å². The van der Waals surface area contributed by atoms with Crippen LogP contribution >= 0.6 is 0 Å². The van der Waals surface area contributed by atoms with E-state index >= 15 is 0 Å². The van der Waals surface area contributed by atoms with Gasteiger partial charge in [0.05, 0.1) is 18.3 Å². The largest absolute Gasteiger partial charge is 0.401 e. The van der Waals surface area contributed by atoms with Gasteiger partial charge in [0.2, 0.25) is 0 Å². The maximum absolute atomic E-state index is 12.7. The fraction of sp³-hybridized carbons (Fsp3) is 0.538. The van der Waals surface area contributed by atoms with Crippen LogP contribution in [0.2, 0.25) is 0 Å². The molecule has 196 valence electrons. The molecule has 1 aliphatic carbocycles. The molecule has 0 aromatic carbocycles. The average molecular weight is 513 g/mol. The number of rotatable bonds is 6. The Bertz CT molecular complexity index is 1250. The van der Waals surface area contributed by atoms with Crippen molar-refractivity contribution in [2.24, 2.45) is 0 Å². The molecule has 0 bridgehead atoms. The molecule has 37 heavy (non-hydrogen) atoms. The van der Waals surface area contributed by atoms with Gasteiger partial charge in [-0.25, -0.2) is 15.0 Å². The summed E-state index contributed by atoms with van der Waals surface area (Å²) in [5.41, 5.74) is 2.94. The molecule has 6 rings (SSSR count). The van der Waals surface area contributed by atoms with Crippen molar-refractivity contribution in [1.29, 1.82) is 0 Å². The second kappa shape index (κ2) is 10.0. The van der Waals surface area contributed by atoms with E-state index in [0.717, 1.165) is 48.5 Å². The van der Waals surface area contributed by atoms with Crippen molar-refractivity contribution in [3.05, 3.63) is 36.3 Å². The van der Waals surface area contributed by atoms with E-state index in [4.69, 9.17) is 9.97 Å². The minimum atomic E-state index is -4.16. The van der Waals surface area contributed by atoms with Crippen LogP contribution in [-0.2, 0) is 0 Å². The molecule has 0 atom stereocenters. The molecule has 3 aliphatic rings. The van der Waals surface area contributed by atoms with Gasteiger partial charge >= 0.3 is 6.18 Å². The van der Waals surface area contributed by atoms with Gasteiger partial charge in [-0.3, -0.25) is 9.88 Å². The molecule has 0 unspecified atom stereocenters. The second-order valence-corrected chi connectivity index (χ2v) is 10.2. The minimum absolute atomic E-state index is 0.0754. The molecule has 0 amide bonds. The number of hydrogen-bond acceptors (Lipinski definition) is 8. The van der Waals surface area contributed by atoms with Crippen molar-refractivity contribution in [2.75, 3.05) is 56.0 Å². The van der Waals surface area contributed by atoms with E-state index in [-0.39, 0.29) is 6.04 Å². The normalized spacial score (nSPS) is 19.9. The third kappa shape index (κ3) is 5.62. The van der Waals surface area contributed by atoms with Crippen molar-refractivity contribution in [3.63, 3.8) is 0 Å². The lowest BCUT2D eigenvalue weighted by Gasteiger charge is -2.33. The van der Waals surface area contributed by atoms with Gasteiger partial charge in [-0.1, -0.05) is 0 Å². The third-order valence-electron chi connectivity index (χ3n) is 7.41. The van der Waals surface area contributed by atoms with Crippen LogP contribution in [0.5, 0.6) is 0 Å². The molecular formula is C26H31F3N8. The molecule has 11 heteroatoms. The average Bonchev–Trinajstić information content (AvgIpc) is 3.74. The third-order valence-corrected chi connectivity index (χ3v) is 7.41. The first-order valence-electron chi connectivity index (χ1n) is 13.1. The van der Waals surface area contributed by atoms with E-state index in [1.807, 2.05) is 24.5 Å². The number of halogens is 3. The van der Waals surface area contributed by atoms with Crippen molar-refractivity contribution in [1.82, 2.24) is 30.2 Å². The van der Waals surface area contributed by atoms with E-state index < -0.39 is 12.7 Å². The summed E-state index contributed by atoms with van der Waals surface area (Å²) in [5.74, 6) is 2.81. The second-order valence-electron chi connectivity index (χ2n) is 10.2. The summed E-state index contributed by atoms with van der Waals surface area (Å²) in [4.78, 5) is 22.8. The van der Waals surface area contributed by atoms with E-state index in [2.05, 4.69) is 25.5 Å². The van der Waals surface area contributed by atoms with E-state index in [0.29, 0.717) is 43.5 Å². The maximum Gasteiger partial charge on any atom is 0.401 e. The monoisotopic (exact) mass is 512 g/mol. The lowest BCUT2D eigenvalue weighted by atomic mass is 10.0. The van der Waals surface area contributed by atoms with Crippen LogP contribution in [0.3, 0.4) is 0 Å². The van der Waals surface area contributed by atoms with Gasteiger partial charge in [-0.2, -0.15) is 13.2 Å². The van der Waals surface area contributed by atoms with Crippen LogP contribution < -0.4 is 15.5 Å². The van der Waals surface area contributed by atoms with E-state index in [1.54, 1.807) is 6.20 Å². The first-order chi connectivity index (χ1) is 17.9. The summed E-state index contributed by atoms with van der Waals surface area (Å²) >= 11 is 0. The number of aromatic nitrogens is 4. The highest BCUT2D eigenvalue weighted by atomic mass is 19.4. The zero-order valence-electron chi connectivity index (χ0n) is 20.6. The Morgan fingerprint density at radius 2 is 1.78 bits per heavy atom. The van der Waals surface area contributed by atoms with Crippen molar-refractivity contribution < 1.29 is 13.2 Å². The zero-order valence-corrected chi connectivity index (χ0v) is 20.6. The molecule has 1 saturated carbocycles. The fourth-order valence-electron chi connectivity index (χ4n) is 5.37. The van der Waals surface area contributed by atoms with Crippen molar-refractivity contribution in [3.8, 4) is 11.4 Å². The van der Waals surface area contributed by atoms with Gasteiger partial charge < -0.3 is 15.5 Å². The Balaban J connectivity index is 1.26. The van der Waals surface area contributed by atoms with E-state index in [9.17, 15) is 13.2 Å². The van der Waals surface area contributed by atoms with Crippen LogP contribution in [0.15, 0.2) is 30.7 Å². The summed E-state index contributed by atoms with van der Waals surface area (Å²) < 4.78 is 38.1. The van der Waals surface area contributed by atoms with Crippen LogP contribution in [0.1, 0.15) is 37.2 Å². The Labute approximate surface area is 213 Å². The zero-order chi connectivity index (χ0) is 25.4. The molecule has 8 nitrogen and oxygen atoms in total. The van der Waals surface area contributed by atoms with Crippen molar-refractivity contribution >= 4 is 22.5 Å². The highest BCUT2D eigenvalue weighted by Gasteiger charge is 2.33. The van der Waals surface area contributed by atoms with Gasteiger partial charge in [0, 0.05) is 68.7 Å². The standard InChI is InChI=1S/C26H31F3N8/c27-26(28,29)16-36-9-4-19(5-10-36)33-22-13-18(3-6-32-22)24-34-21-15-31-14-20(17-1-2-17)23(21)25(35-24)37-11-7-30-8-12-37/h3,6,13-15,17,19,30H,1-2,4-5,7-12,16H2,(H,32,33). The molecular weight excluding hydrogens is 481 g/mol. The molecule has 2 N–H and O–H groups in total. The maximum atomic E-state index is 12.7. The molecule has 2 saturated heterocycles. The molecule has 2 aliphatic heterocycles. The Kier molecular flexibility index (Phi) is 6.58. The molecule has 3 aromatic heterocycles. The molecule has 0 radical (unpaired) electrons. The SMILES string of the molecule is FC(F)(F)CN1CCC(Nc2cc(-c3nc(N4CCNCC4)c4c(C5CC5)cncc4n3)ccn2)CC1. The summed E-state index contributed by atoms with van der Waals surface area (Å²) in [6.07, 6.45) is 5.00. The number of alkyl halides is 3. The highest BCUT2D eigenvalue weighted by molar-refractivity contribution is 5.94. The lowest BCUT2D eigenvalue weighted by Crippen LogP contribution is -2.44. The van der Waals surface area contributed by atoms with Gasteiger partial charge in [-0.15, -0.1) is 0 Å². The number of nitrogens with one attached hydrogen (secondary N) is 2. The van der Waals surface area contributed by atoms with Gasteiger partial charge in [0.15, 0.2) is 5.82 Å². The molecule has 3 fully saturated rings. The molecule has 5 heterocycles. The van der Waals surface area contributed by atoms with Crippen LogP contribution in [0.4, 0.5) is 24.8 Å². The first-order valence-corrected chi connectivity index (χ1v) is 13.1. The number of hydrogen-bond donors (Lipinski definition) is 2. The fourth-order valence-corrected chi connectivity index (χ4v) is 5.37. The number of nitrogens with zero attached hydrogens (tertiary/aromatic N) is 6. The smallest absolute Gasteiger partial charge is 0.367 e.